The maximum Gasteiger partial charge on any atom is 0.115 e. The third-order valence-electron chi connectivity index (χ3n) is 5.09. The van der Waals surface area contributed by atoms with Crippen molar-refractivity contribution in [2.45, 2.75) is 65.2 Å². The van der Waals surface area contributed by atoms with Gasteiger partial charge in [0.1, 0.15) is 5.75 Å². The third-order valence-corrected chi connectivity index (χ3v) is 5.09. The Balaban J connectivity index is 1.98. The molecule has 1 aromatic rings. The Bertz CT molecular complexity index is 375. The van der Waals surface area contributed by atoms with Gasteiger partial charge in [-0.2, -0.15) is 0 Å². The quantitative estimate of drug-likeness (QED) is 0.689. The van der Waals surface area contributed by atoms with E-state index in [1.165, 1.54) is 56.9 Å². The van der Waals surface area contributed by atoms with Crippen LogP contribution < -0.4 is 0 Å². The predicted molar refractivity (Wildman–Crippen MR) is 85.9 cm³/mol. The molecule has 0 bridgehead atoms. The smallest absolute Gasteiger partial charge is 0.115 e. The highest BCUT2D eigenvalue weighted by Crippen LogP contribution is 2.35. The molecule has 112 valence electrons. The van der Waals surface area contributed by atoms with E-state index in [0.29, 0.717) is 5.75 Å². The van der Waals surface area contributed by atoms with Gasteiger partial charge >= 0.3 is 0 Å². The van der Waals surface area contributed by atoms with Crippen molar-refractivity contribution in [2.75, 3.05) is 0 Å². The van der Waals surface area contributed by atoms with E-state index in [0.717, 1.165) is 17.8 Å². The molecule has 0 aromatic heterocycles. The molecule has 0 saturated heterocycles. The molecule has 0 radical (unpaired) electrons. The van der Waals surface area contributed by atoms with Crippen LogP contribution in [0.15, 0.2) is 24.3 Å². The first-order valence-corrected chi connectivity index (χ1v) is 8.47. The highest BCUT2D eigenvalue weighted by Gasteiger charge is 2.24. The average molecular weight is 274 g/mol. The second kappa shape index (κ2) is 7.71. The molecule has 1 aliphatic carbocycles. The minimum Gasteiger partial charge on any atom is -0.508 e. The molecule has 0 heterocycles. The first-order valence-electron chi connectivity index (χ1n) is 8.47. The van der Waals surface area contributed by atoms with Crippen LogP contribution in [0.1, 0.15) is 64.4 Å². The summed E-state index contributed by atoms with van der Waals surface area (Å²) in [5, 5.41) is 9.41. The summed E-state index contributed by atoms with van der Waals surface area (Å²) in [4.78, 5) is 0. The van der Waals surface area contributed by atoms with Gasteiger partial charge in [0.15, 0.2) is 0 Å². The molecule has 0 amide bonds. The van der Waals surface area contributed by atoms with Gasteiger partial charge < -0.3 is 5.11 Å². The number of hydrogen-bond acceptors (Lipinski definition) is 1. The second-order valence-corrected chi connectivity index (χ2v) is 6.78. The molecule has 1 saturated carbocycles. The maximum atomic E-state index is 9.41. The van der Waals surface area contributed by atoms with Crippen molar-refractivity contribution in [3.63, 3.8) is 0 Å². The Morgan fingerprint density at radius 2 is 1.80 bits per heavy atom. The summed E-state index contributed by atoms with van der Waals surface area (Å²) in [6.07, 6.45) is 11.0. The van der Waals surface area contributed by atoms with Gasteiger partial charge in [-0.15, -0.1) is 0 Å². The highest BCUT2D eigenvalue weighted by atomic mass is 16.3. The number of hydrogen-bond donors (Lipinski definition) is 1. The van der Waals surface area contributed by atoms with Crippen LogP contribution in [0.2, 0.25) is 0 Å². The van der Waals surface area contributed by atoms with Crippen molar-refractivity contribution in [3.8, 4) is 5.75 Å². The summed E-state index contributed by atoms with van der Waals surface area (Å²) in [7, 11) is 0. The fourth-order valence-corrected chi connectivity index (χ4v) is 3.82. The maximum absolute atomic E-state index is 9.41. The van der Waals surface area contributed by atoms with Crippen LogP contribution in [0.4, 0.5) is 0 Å². The largest absolute Gasteiger partial charge is 0.508 e. The third kappa shape index (κ3) is 4.54. The molecule has 0 spiro atoms. The van der Waals surface area contributed by atoms with Crippen molar-refractivity contribution in [3.05, 3.63) is 29.8 Å². The topological polar surface area (TPSA) is 20.2 Å². The van der Waals surface area contributed by atoms with Gasteiger partial charge in [-0.05, 0) is 48.3 Å². The van der Waals surface area contributed by atoms with Crippen LogP contribution in [0.25, 0.3) is 0 Å². The zero-order valence-electron chi connectivity index (χ0n) is 13.1. The van der Waals surface area contributed by atoms with E-state index in [1.807, 2.05) is 12.1 Å². The number of aromatic hydroxyl groups is 1. The van der Waals surface area contributed by atoms with Crippen molar-refractivity contribution in [2.24, 2.45) is 17.8 Å². The first kappa shape index (κ1) is 15.4. The van der Waals surface area contributed by atoms with E-state index in [4.69, 9.17) is 0 Å². The van der Waals surface area contributed by atoms with Gasteiger partial charge in [-0.3, -0.25) is 0 Å². The molecular formula is C19H30O. The van der Waals surface area contributed by atoms with Crippen LogP contribution in [-0.4, -0.2) is 5.11 Å². The van der Waals surface area contributed by atoms with Crippen LogP contribution in [0.5, 0.6) is 5.75 Å². The van der Waals surface area contributed by atoms with E-state index in [1.54, 1.807) is 0 Å². The monoisotopic (exact) mass is 274 g/mol. The van der Waals surface area contributed by atoms with E-state index in [2.05, 4.69) is 26.0 Å². The Hall–Kier alpha value is -0.980. The molecular weight excluding hydrogens is 244 g/mol. The van der Waals surface area contributed by atoms with Gasteiger partial charge in [-0.25, -0.2) is 0 Å². The Morgan fingerprint density at radius 1 is 1.15 bits per heavy atom. The summed E-state index contributed by atoms with van der Waals surface area (Å²) in [6, 6.07) is 7.84. The zero-order valence-corrected chi connectivity index (χ0v) is 13.1. The van der Waals surface area contributed by atoms with Gasteiger partial charge in [-0.1, -0.05) is 64.5 Å². The number of rotatable bonds is 7. The lowest BCUT2D eigenvalue weighted by atomic mass is 9.79. The van der Waals surface area contributed by atoms with Crippen molar-refractivity contribution in [1.29, 1.82) is 0 Å². The Labute approximate surface area is 124 Å². The molecule has 1 aliphatic rings. The molecule has 1 aromatic carbocycles. The molecule has 2 unspecified atom stereocenters. The van der Waals surface area contributed by atoms with Gasteiger partial charge in [0.25, 0.3) is 0 Å². The predicted octanol–water partition coefficient (Wildman–Crippen LogP) is 5.57. The molecule has 1 heteroatoms. The summed E-state index contributed by atoms with van der Waals surface area (Å²) in [5.74, 6) is 2.97. The fourth-order valence-electron chi connectivity index (χ4n) is 3.82. The summed E-state index contributed by atoms with van der Waals surface area (Å²) < 4.78 is 0. The zero-order chi connectivity index (χ0) is 14.4. The minimum atomic E-state index is 0.377. The SMILES string of the molecule is CCCC(C)C(Cc1ccc(O)cc1)CC1CCCC1. The number of benzene rings is 1. The first-order chi connectivity index (χ1) is 9.69. The Kier molecular flexibility index (Phi) is 5.94. The minimum absolute atomic E-state index is 0.377. The van der Waals surface area contributed by atoms with Crippen molar-refractivity contribution in [1.82, 2.24) is 0 Å². The van der Waals surface area contributed by atoms with Gasteiger partial charge in [0.2, 0.25) is 0 Å². The summed E-state index contributed by atoms with van der Waals surface area (Å²) in [6.45, 7) is 4.73. The molecule has 20 heavy (non-hydrogen) atoms. The number of phenols is 1. The average Bonchev–Trinajstić information content (AvgIpc) is 2.94. The van der Waals surface area contributed by atoms with E-state index in [9.17, 15) is 5.11 Å². The van der Waals surface area contributed by atoms with Crippen LogP contribution in [-0.2, 0) is 6.42 Å². The molecule has 1 nitrogen and oxygen atoms in total. The Morgan fingerprint density at radius 3 is 2.40 bits per heavy atom. The van der Waals surface area contributed by atoms with E-state index < -0.39 is 0 Å². The van der Waals surface area contributed by atoms with Gasteiger partial charge in [0, 0.05) is 0 Å². The molecule has 2 rings (SSSR count). The lowest BCUT2D eigenvalue weighted by Gasteiger charge is -2.26. The summed E-state index contributed by atoms with van der Waals surface area (Å²) >= 11 is 0. The molecule has 2 atom stereocenters. The molecule has 1 fully saturated rings. The van der Waals surface area contributed by atoms with Crippen LogP contribution in [0.3, 0.4) is 0 Å². The number of phenolic OH excluding ortho intramolecular Hbond substituents is 1. The summed E-state index contributed by atoms with van der Waals surface area (Å²) in [5.41, 5.74) is 1.38. The standard InChI is InChI=1S/C19H30O/c1-3-6-15(2)18(13-16-7-4-5-8-16)14-17-9-11-19(20)12-10-17/h9-12,15-16,18,20H,3-8,13-14H2,1-2H3. The van der Waals surface area contributed by atoms with Crippen molar-refractivity contribution < 1.29 is 5.11 Å². The van der Waals surface area contributed by atoms with Crippen molar-refractivity contribution >= 4 is 0 Å². The highest BCUT2D eigenvalue weighted by molar-refractivity contribution is 5.26. The van der Waals surface area contributed by atoms with E-state index in [-0.39, 0.29) is 0 Å². The fraction of sp³-hybridized carbons (Fsp3) is 0.684. The second-order valence-electron chi connectivity index (χ2n) is 6.78. The lowest BCUT2D eigenvalue weighted by molar-refractivity contribution is 0.267. The lowest BCUT2D eigenvalue weighted by Crippen LogP contribution is -2.18. The molecule has 0 aliphatic heterocycles. The van der Waals surface area contributed by atoms with Crippen LogP contribution >= 0.6 is 0 Å². The van der Waals surface area contributed by atoms with Crippen LogP contribution in [0, 0.1) is 17.8 Å². The normalized spacial score (nSPS) is 19.1. The van der Waals surface area contributed by atoms with Gasteiger partial charge in [0.05, 0.1) is 0 Å². The molecule has 1 N–H and O–H groups in total. The van der Waals surface area contributed by atoms with E-state index >= 15 is 0 Å².